The Morgan fingerprint density at radius 3 is 1.78 bits per heavy atom. The molecule has 3 aromatic rings. The van der Waals surface area contributed by atoms with Crippen LogP contribution in [0, 0.1) is 0 Å². The van der Waals surface area contributed by atoms with Crippen LogP contribution in [0.15, 0.2) is 72.8 Å². The van der Waals surface area contributed by atoms with Crippen LogP contribution in [0.25, 0.3) is 0 Å². The van der Waals surface area contributed by atoms with E-state index in [0.29, 0.717) is 11.3 Å². The van der Waals surface area contributed by atoms with Crippen molar-refractivity contribution in [2.75, 3.05) is 7.11 Å². The summed E-state index contributed by atoms with van der Waals surface area (Å²) < 4.78 is 15.6. The highest BCUT2D eigenvalue weighted by atomic mass is 35.5. The number of nitrogens with one attached hydrogen (secondary N) is 1. The van der Waals surface area contributed by atoms with Crippen LogP contribution in [0.1, 0.15) is 26.3 Å². The van der Waals surface area contributed by atoms with E-state index in [9.17, 15) is 24.3 Å². The van der Waals surface area contributed by atoms with Gasteiger partial charge < -0.3 is 24.6 Å². The number of amides is 1. The first-order valence-corrected chi connectivity index (χ1v) is 11.5. The number of benzene rings is 3. The normalized spacial score (nSPS) is 12.1. The summed E-state index contributed by atoms with van der Waals surface area (Å²) in [6, 6.07) is 18.4. The summed E-state index contributed by atoms with van der Waals surface area (Å²) in [6.07, 6.45) is -4.30. The van der Waals surface area contributed by atoms with Crippen molar-refractivity contribution in [2.45, 2.75) is 18.8 Å². The number of carboxylic acid groups (broad SMARTS) is 1. The summed E-state index contributed by atoms with van der Waals surface area (Å²) >= 11 is 12.1. The molecule has 2 atom stereocenters. The Balaban J connectivity index is 1.90. The van der Waals surface area contributed by atoms with Crippen molar-refractivity contribution in [1.82, 2.24) is 5.32 Å². The Labute approximate surface area is 221 Å². The van der Waals surface area contributed by atoms with Gasteiger partial charge in [0.25, 0.3) is 5.91 Å². The lowest BCUT2D eigenvalue weighted by molar-refractivity contribution is -0.159. The fourth-order valence-corrected chi connectivity index (χ4v) is 3.66. The molecule has 1 amide bonds. The summed E-state index contributed by atoms with van der Waals surface area (Å²) in [4.78, 5) is 50.8. The van der Waals surface area contributed by atoms with E-state index in [-0.39, 0.29) is 27.7 Å². The van der Waals surface area contributed by atoms with E-state index < -0.39 is 36.0 Å². The number of hydrogen-bond acceptors (Lipinski definition) is 7. The lowest BCUT2D eigenvalue weighted by Crippen LogP contribution is -2.50. The first kappa shape index (κ1) is 27.5. The Morgan fingerprint density at radius 1 is 0.784 bits per heavy atom. The molecule has 0 aliphatic carbocycles. The molecule has 0 radical (unpaired) electrons. The van der Waals surface area contributed by atoms with Crippen LogP contribution >= 0.6 is 23.2 Å². The van der Waals surface area contributed by atoms with E-state index in [4.69, 9.17) is 37.4 Å². The van der Waals surface area contributed by atoms with E-state index in [0.717, 1.165) is 0 Å². The molecule has 11 heteroatoms. The fraction of sp³-hybridized carbons (Fsp3) is 0.154. The van der Waals surface area contributed by atoms with Gasteiger partial charge in [-0.2, -0.15) is 0 Å². The van der Waals surface area contributed by atoms with Gasteiger partial charge in [-0.05, 0) is 30.3 Å². The third-order valence-electron chi connectivity index (χ3n) is 5.08. The van der Waals surface area contributed by atoms with Gasteiger partial charge in [0, 0.05) is 12.1 Å². The van der Waals surface area contributed by atoms with Crippen molar-refractivity contribution in [3.63, 3.8) is 0 Å². The van der Waals surface area contributed by atoms with E-state index in [1.807, 2.05) is 0 Å². The SMILES string of the molecule is COc1ccccc1CNC(=O)[C@H](OC(=O)c1ccccc1Cl)[C@@H](OC(=O)c1ccccc1Cl)C(=O)O. The number of para-hydroxylation sites is 1. The zero-order valence-electron chi connectivity index (χ0n) is 19.4. The lowest BCUT2D eigenvalue weighted by Gasteiger charge is -2.24. The highest BCUT2D eigenvalue weighted by Gasteiger charge is 2.41. The number of ether oxygens (including phenoxy) is 3. The zero-order chi connectivity index (χ0) is 26.9. The predicted molar refractivity (Wildman–Crippen MR) is 134 cm³/mol. The molecule has 192 valence electrons. The van der Waals surface area contributed by atoms with Gasteiger partial charge in [-0.25, -0.2) is 14.4 Å². The van der Waals surface area contributed by atoms with Crippen LogP contribution in [0.3, 0.4) is 0 Å². The van der Waals surface area contributed by atoms with Crippen molar-refractivity contribution in [2.24, 2.45) is 0 Å². The summed E-state index contributed by atoms with van der Waals surface area (Å²) in [5.74, 6) is -4.53. The van der Waals surface area contributed by atoms with Gasteiger partial charge in [-0.15, -0.1) is 0 Å². The number of carbonyl (C=O) groups excluding carboxylic acids is 3. The minimum absolute atomic E-state index is 0.00174. The monoisotopic (exact) mass is 545 g/mol. The van der Waals surface area contributed by atoms with E-state index in [1.54, 1.807) is 36.4 Å². The number of methoxy groups -OCH3 is 1. The van der Waals surface area contributed by atoms with E-state index >= 15 is 0 Å². The summed E-state index contributed by atoms with van der Waals surface area (Å²) in [7, 11) is 1.45. The van der Waals surface area contributed by atoms with E-state index in [1.165, 1.54) is 43.5 Å². The van der Waals surface area contributed by atoms with Crippen LogP contribution in [0.5, 0.6) is 5.75 Å². The van der Waals surface area contributed by atoms with Gasteiger partial charge in [0.1, 0.15) is 5.75 Å². The summed E-state index contributed by atoms with van der Waals surface area (Å²) in [5.41, 5.74) is 0.309. The highest BCUT2D eigenvalue weighted by Crippen LogP contribution is 2.21. The Bertz CT molecular complexity index is 1310. The minimum atomic E-state index is -2.21. The maximum absolute atomic E-state index is 13.2. The second kappa shape index (κ2) is 12.8. The average Bonchev–Trinajstić information content (AvgIpc) is 2.89. The summed E-state index contributed by atoms with van der Waals surface area (Å²) in [5, 5.41) is 12.3. The number of halogens is 2. The fourth-order valence-electron chi connectivity index (χ4n) is 3.24. The summed E-state index contributed by atoms with van der Waals surface area (Å²) in [6.45, 7) is -0.103. The van der Waals surface area contributed by atoms with Crippen molar-refractivity contribution < 1.29 is 38.5 Å². The molecule has 37 heavy (non-hydrogen) atoms. The van der Waals surface area contributed by atoms with Gasteiger partial charge >= 0.3 is 17.9 Å². The molecular weight excluding hydrogens is 525 g/mol. The molecule has 0 saturated heterocycles. The van der Waals surface area contributed by atoms with Crippen LogP contribution in [-0.2, 0) is 25.6 Å². The molecule has 0 unspecified atom stereocenters. The van der Waals surface area contributed by atoms with Crippen molar-refractivity contribution >= 4 is 47.0 Å². The third-order valence-corrected chi connectivity index (χ3v) is 5.74. The minimum Gasteiger partial charge on any atom is -0.496 e. The Hall–Kier alpha value is -4.08. The average molecular weight is 546 g/mol. The van der Waals surface area contributed by atoms with Gasteiger partial charge in [-0.1, -0.05) is 65.7 Å². The molecule has 0 bridgehead atoms. The second-order valence-electron chi connectivity index (χ2n) is 7.48. The van der Waals surface area contributed by atoms with Crippen LogP contribution < -0.4 is 10.1 Å². The maximum atomic E-state index is 13.2. The molecule has 0 heterocycles. The number of hydrogen-bond donors (Lipinski definition) is 2. The predicted octanol–water partition coefficient (Wildman–Crippen LogP) is 4.15. The number of rotatable bonds is 10. The molecular formula is C26H21Cl2NO8. The van der Waals surface area contributed by atoms with Crippen molar-refractivity contribution in [3.8, 4) is 5.75 Å². The third kappa shape index (κ3) is 6.99. The number of esters is 2. The maximum Gasteiger partial charge on any atom is 0.349 e. The number of aliphatic carboxylic acids is 1. The molecule has 0 aromatic heterocycles. The second-order valence-corrected chi connectivity index (χ2v) is 8.29. The molecule has 9 nitrogen and oxygen atoms in total. The first-order chi connectivity index (χ1) is 17.7. The molecule has 0 aliphatic heterocycles. The van der Waals surface area contributed by atoms with Crippen LogP contribution in [0.4, 0.5) is 0 Å². The van der Waals surface area contributed by atoms with Gasteiger partial charge in [0.15, 0.2) is 0 Å². The topological polar surface area (TPSA) is 128 Å². The van der Waals surface area contributed by atoms with Gasteiger partial charge in [0.05, 0.1) is 28.3 Å². The van der Waals surface area contributed by atoms with Crippen molar-refractivity contribution in [3.05, 3.63) is 99.5 Å². The molecule has 3 rings (SSSR count). The molecule has 0 fully saturated rings. The first-order valence-electron chi connectivity index (χ1n) is 10.8. The molecule has 3 aromatic carbocycles. The number of carbonyl (C=O) groups is 4. The Morgan fingerprint density at radius 2 is 1.27 bits per heavy atom. The van der Waals surface area contributed by atoms with Crippen LogP contribution in [0.2, 0.25) is 10.0 Å². The van der Waals surface area contributed by atoms with Crippen molar-refractivity contribution in [1.29, 1.82) is 0 Å². The molecule has 0 aliphatic rings. The van der Waals surface area contributed by atoms with Gasteiger partial charge in [-0.3, -0.25) is 4.79 Å². The number of carboxylic acids is 1. The highest BCUT2D eigenvalue weighted by molar-refractivity contribution is 6.34. The van der Waals surface area contributed by atoms with Gasteiger partial charge in [0.2, 0.25) is 12.2 Å². The molecule has 2 N–H and O–H groups in total. The molecule has 0 spiro atoms. The molecule has 0 saturated carbocycles. The van der Waals surface area contributed by atoms with Crippen LogP contribution in [-0.4, -0.2) is 48.2 Å². The largest absolute Gasteiger partial charge is 0.496 e. The zero-order valence-corrected chi connectivity index (χ0v) is 20.9. The quantitative estimate of drug-likeness (QED) is 0.363. The van der Waals surface area contributed by atoms with E-state index in [2.05, 4.69) is 5.32 Å². The Kier molecular flexibility index (Phi) is 9.48. The lowest BCUT2D eigenvalue weighted by atomic mass is 10.1. The standard InChI is InChI=1S/C26H21Cl2NO8/c1-35-20-13-7-2-8-15(20)14-29-23(30)21(36-25(33)16-9-3-5-11-18(16)27)22(24(31)32)37-26(34)17-10-4-6-12-19(17)28/h2-13,21-22H,14H2,1H3,(H,29,30)(H,31,32)/t21-,22-/m1/s1. The smallest absolute Gasteiger partial charge is 0.349 e.